The van der Waals surface area contributed by atoms with Gasteiger partial charge in [0.2, 0.25) is 10.0 Å². The maximum atomic E-state index is 12.7. The summed E-state index contributed by atoms with van der Waals surface area (Å²) in [7, 11) is -0.553. The number of nitrogens with zero attached hydrogens (tertiary/aromatic N) is 1. The van der Waals surface area contributed by atoms with Crippen LogP contribution in [0.2, 0.25) is 0 Å². The monoisotopic (exact) mass is 372 g/mol. The van der Waals surface area contributed by atoms with Crippen LogP contribution in [0.3, 0.4) is 0 Å². The van der Waals surface area contributed by atoms with E-state index in [2.05, 4.69) is 5.32 Å². The normalized spacial score (nSPS) is 12.6. The summed E-state index contributed by atoms with van der Waals surface area (Å²) in [4.78, 5) is 0.194. The molecule has 0 atom stereocenters. The van der Waals surface area contributed by atoms with E-state index in [1.807, 2.05) is 0 Å². The molecule has 25 heavy (non-hydrogen) atoms. The first-order chi connectivity index (χ1) is 11.6. The summed E-state index contributed by atoms with van der Waals surface area (Å²) < 4.78 is 63.1. The molecular weight excluding hydrogens is 353 g/mol. The average Bonchev–Trinajstić information content (AvgIpc) is 2.55. The zero-order valence-electron chi connectivity index (χ0n) is 13.8. The van der Waals surface area contributed by atoms with Gasteiger partial charge in [-0.25, -0.2) is 12.7 Å². The van der Waals surface area contributed by atoms with Gasteiger partial charge in [-0.3, -0.25) is 0 Å². The van der Waals surface area contributed by atoms with Crippen molar-refractivity contribution in [2.24, 2.45) is 0 Å². The predicted octanol–water partition coefficient (Wildman–Crippen LogP) is 3.25. The molecule has 2 rings (SSSR count). The molecule has 0 aromatic heterocycles. The van der Waals surface area contributed by atoms with Crippen molar-refractivity contribution in [2.45, 2.75) is 24.2 Å². The molecule has 0 fully saturated rings. The summed E-state index contributed by atoms with van der Waals surface area (Å²) in [6, 6.07) is 11.5. The molecule has 0 aliphatic rings. The van der Waals surface area contributed by atoms with Crippen LogP contribution in [0.15, 0.2) is 53.4 Å². The minimum atomic E-state index is -4.36. The number of benzene rings is 2. The van der Waals surface area contributed by atoms with Crippen LogP contribution in [0.4, 0.5) is 13.2 Å². The van der Waals surface area contributed by atoms with Gasteiger partial charge >= 0.3 is 6.18 Å². The topological polar surface area (TPSA) is 49.4 Å². The Hall–Kier alpha value is -1.90. The number of alkyl halides is 3. The van der Waals surface area contributed by atoms with Crippen LogP contribution >= 0.6 is 0 Å². The van der Waals surface area contributed by atoms with E-state index in [9.17, 15) is 21.6 Å². The Morgan fingerprint density at radius 3 is 2.12 bits per heavy atom. The summed E-state index contributed by atoms with van der Waals surface area (Å²) in [5.74, 6) is 0. The molecule has 0 spiro atoms. The van der Waals surface area contributed by atoms with Crippen LogP contribution in [0.5, 0.6) is 0 Å². The smallest absolute Gasteiger partial charge is 0.309 e. The highest BCUT2D eigenvalue weighted by atomic mass is 32.2. The lowest BCUT2D eigenvalue weighted by Crippen LogP contribution is -2.22. The number of sulfonamides is 1. The summed E-state index contributed by atoms with van der Waals surface area (Å²) >= 11 is 0. The molecule has 0 saturated carbocycles. The van der Waals surface area contributed by atoms with E-state index in [4.69, 9.17) is 0 Å². The Labute approximate surface area is 145 Å². The van der Waals surface area contributed by atoms with Gasteiger partial charge in [-0.05, 0) is 29.3 Å². The predicted molar refractivity (Wildman–Crippen MR) is 89.3 cm³/mol. The maximum Gasteiger partial charge on any atom is 0.416 e. The SMILES string of the molecule is CN(C)S(=O)(=O)c1ccc(CNCc2cccc(C(F)(F)F)c2)cc1. The first-order valence-corrected chi connectivity index (χ1v) is 8.93. The quantitative estimate of drug-likeness (QED) is 0.847. The van der Waals surface area contributed by atoms with Crippen LogP contribution in [-0.2, 0) is 29.3 Å². The summed E-state index contributed by atoms with van der Waals surface area (Å²) in [6.07, 6.45) is -4.36. The zero-order valence-corrected chi connectivity index (χ0v) is 14.7. The van der Waals surface area contributed by atoms with E-state index in [1.54, 1.807) is 18.2 Å². The zero-order chi connectivity index (χ0) is 18.7. The third kappa shape index (κ3) is 5.04. The Morgan fingerprint density at radius 2 is 1.56 bits per heavy atom. The average molecular weight is 372 g/mol. The van der Waals surface area contributed by atoms with Gasteiger partial charge in [0, 0.05) is 27.2 Å². The minimum Gasteiger partial charge on any atom is -0.309 e. The van der Waals surface area contributed by atoms with E-state index in [1.165, 1.54) is 32.3 Å². The maximum absolute atomic E-state index is 12.7. The first kappa shape index (κ1) is 19.4. The number of halogens is 3. The molecule has 2 aromatic carbocycles. The van der Waals surface area contributed by atoms with Gasteiger partial charge in [0.1, 0.15) is 0 Å². The molecule has 0 unspecified atom stereocenters. The molecular formula is C17H19F3N2O2S. The summed E-state index contributed by atoms with van der Waals surface area (Å²) in [5.41, 5.74) is 0.691. The molecule has 0 amide bonds. The second kappa shape index (κ2) is 7.55. The Balaban J connectivity index is 1.97. The van der Waals surface area contributed by atoms with Crippen LogP contribution < -0.4 is 5.32 Å². The third-order valence-corrected chi connectivity index (χ3v) is 5.44. The Bertz CT molecular complexity index is 817. The van der Waals surface area contributed by atoms with Crippen molar-refractivity contribution in [1.82, 2.24) is 9.62 Å². The highest BCUT2D eigenvalue weighted by molar-refractivity contribution is 7.89. The van der Waals surface area contributed by atoms with Gasteiger partial charge in [-0.15, -0.1) is 0 Å². The molecule has 0 bridgehead atoms. The lowest BCUT2D eigenvalue weighted by Gasteiger charge is -2.12. The Kier molecular flexibility index (Phi) is 5.87. The largest absolute Gasteiger partial charge is 0.416 e. The third-order valence-electron chi connectivity index (χ3n) is 3.61. The number of rotatable bonds is 6. The molecule has 0 aliphatic carbocycles. The highest BCUT2D eigenvalue weighted by Crippen LogP contribution is 2.29. The molecule has 0 radical (unpaired) electrons. The lowest BCUT2D eigenvalue weighted by molar-refractivity contribution is -0.137. The standard InChI is InChI=1S/C17H19F3N2O2S/c1-22(2)25(23,24)16-8-6-13(7-9-16)11-21-12-14-4-3-5-15(10-14)17(18,19)20/h3-10,21H,11-12H2,1-2H3. The fraction of sp³-hybridized carbons (Fsp3) is 0.294. The van der Waals surface area contributed by atoms with E-state index in [0.717, 1.165) is 22.0 Å². The summed E-state index contributed by atoms with van der Waals surface area (Å²) in [5, 5.41) is 3.05. The van der Waals surface area contributed by atoms with Gasteiger partial charge in [0.15, 0.2) is 0 Å². The first-order valence-electron chi connectivity index (χ1n) is 7.49. The molecule has 8 heteroatoms. The highest BCUT2D eigenvalue weighted by Gasteiger charge is 2.30. The number of hydrogen-bond donors (Lipinski definition) is 1. The number of hydrogen-bond acceptors (Lipinski definition) is 3. The minimum absolute atomic E-state index is 0.194. The second-order valence-corrected chi connectivity index (χ2v) is 7.88. The molecule has 0 aliphatic heterocycles. The van der Waals surface area contributed by atoms with Gasteiger partial charge < -0.3 is 5.32 Å². The van der Waals surface area contributed by atoms with Gasteiger partial charge in [-0.2, -0.15) is 13.2 Å². The van der Waals surface area contributed by atoms with Crippen LogP contribution in [0.1, 0.15) is 16.7 Å². The van der Waals surface area contributed by atoms with Crippen LogP contribution in [0, 0.1) is 0 Å². The van der Waals surface area contributed by atoms with E-state index < -0.39 is 21.8 Å². The van der Waals surface area contributed by atoms with Gasteiger partial charge in [-0.1, -0.05) is 30.3 Å². The molecule has 136 valence electrons. The van der Waals surface area contributed by atoms with E-state index in [0.29, 0.717) is 12.1 Å². The molecule has 1 N–H and O–H groups in total. The van der Waals surface area contributed by atoms with Crippen molar-refractivity contribution in [1.29, 1.82) is 0 Å². The lowest BCUT2D eigenvalue weighted by atomic mass is 10.1. The fourth-order valence-electron chi connectivity index (χ4n) is 2.20. The van der Waals surface area contributed by atoms with Gasteiger partial charge in [0.05, 0.1) is 10.5 Å². The number of nitrogens with one attached hydrogen (secondary N) is 1. The molecule has 2 aromatic rings. The van der Waals surface area contributed by atoms with Crippen LogP contribution in [-0.4, -0.2) is 26.8 Å². The van der Waals surface area contributed by atoms with E-state index >= 15 is 0 Å². The molecule has 4 nitrogen and oxygen atoms in total. The van der Waals surface area contributed by atoms with Crippen molar-refractivity contribution in [2.75, 3.05) is 14.1 Å². The van der Waals surface area contributed by atoms with Crippen molar-refractivity contribution in [3.8, 4) is 0 Å². The fourth-order valence-corrected chi connectivity index (χ4v) is 3.10. The van der Waals surface area contributed by atoms with Crippen molar-refractivity contribution < 1.29 is 21.6 Å². The van der Waals surface area contributed by atoms with E-state index in [-0.39, 0.29) is 11.4 Å². The molecule has 0 saturated heterocycles. The van der Waals surface area contributed by atoms with Crippen molar-refractivity contribution in [3.63, 3.8) is 0 Å². The molecule has 0 heterocycles. The second-order valence-electron chi connectivity index (χ2n) is 5.73. The van der Waals surface area contributed by atoms with Crippen molar-refractivity contribution >= 4 is 10.0 Å². The van der Waals surface area contributed by atoms with Crippen molar-refractivity contribution in [3.05, 3.63) is 65.2 Å². The van der Waals surface area contributed by atoms with Gasteiger partial charge in [0.25, 0.3) is 0 Å². The van der Waals surface area contributed by atoms with Crippen LogP contribution in [0.25, 0.3) is 0 Å². The Morgan fingerprint density at radius 1 is 0.960 bits per heavy atom. The summed E-state index contributed by atoms with van der Waals surface area (Å²) in [6.45, 7) is 0.695.